The van der Waals surface area contributed by atoms with Crippen molar-refractivity contribution in [1.29, 1.82) is 0 Å². The van der Waals surface area contributed by atoms with Gasteiger partial charge in [-0.15, -0.1) is 0 Å². The van der Waals surface area contributed by atoms with Crippen LogP contribution in [0.2, 0.25) is 0 Å². The van der Waals surface area contributed by atoms with Crippen LogP contribution in [0.3, 0.4) is 0 Å². The molecule has 0 aliphatic heterocycles. The summed E-state index contributed by atoms with van der Waals surface area (Å²) in [5.41, 5.74) is 0. The zero-order valence-electron chi connectivity index (χ0n) is 8.35. The van der Waals surface area contributed by atoms with Gasteiger partial charge in [0.05, 0.1) is 6.10 Å². The Morgan fingerprint density at radius 3 is 2.46 bits per heavy atom. The number of hydrogen-bond acceptors (Lipinski definition) is 3. The molecule has 0 aromatic heterocycles. The molecule has 0 aromatic rings. The van der Waals surface area contributed by atoms with Gasteiger partial charge in [0, 0.05) is 13.2 Å². The summed E-state index contributed by atoms with van der Waals surface area (Å²) in [5.74, 6) is 0.748. The average Bonchev–Trinajstić information content (AvgIpc) is 2.42. The SMILES string of the molecule is CC(CO)[C@@H]1C[C@H](O)[C@@H](C)[C@H]1CO. The minimum absolute atomic E-state index is 0.118. The lowest BCUT2D eigenvalue weighted by Crippen LogP contribution is -2.25. The van der Waals surface area contributed by atoms with Crippen molar-refractivity contribution < 1.29 is 15.3 Å². The van der Waals surface area contributed by atoms with E-state index in [0.717, 1.165) is 0 Å². The molecule has 5 atom stereocenters. The van der Waals surface area contributed by atoms with Gasteiger partial charge in [-0.1, -0.05) is 13.8 Å². The van der Waals surface area contributed by atoms with Crippen molar-refractivity contribution in [3.8, 4) is 0 Å². The molecule has 1 saturated carbocycles. The van der Waals surface area contributed by atoms with Crippen LogP contribution in [0.25, 0.3) is 0 Å². The standard InChI is InChI=1S/C10H20O3/c1-6(4-11)8-3-10(13)7(2)9(8)5-12/h6-13H,3-5H2,1-2H3/t6?,7-,8-,9+,10-/m0/s1. The lowest BCUT2D eigenvalue weighted by Gasteiger charge is -2.24. The van der Waals surface area contributed by atoms with Gasteiger partial charge < -0.3 is 15.3 Å². The molecule has 0 spiro atoms. The summed E-state index contributed by atoms with van der Waals surface area (Å²) in [6.07, 6.45) is 0.407. The van der Waals surface area contributed by atoms with E-state index in [9.17, 15) is 10.2 Å². The van der Waals surface area contributed by atoms with Gasteiger partial charge in [-0.05, 0) is 30.1 Å². The monoisotopic (exact) mass is 188 g/mol. The topological polar surface area (TPSA) is 60.7 Å². The molecular formula is C10H20O3. The molecule has 3 heteroatoms. The van der Waals surface area contributed by atoms with E-state index in [4.69, 9.17) is 5.11 Å². The lowest BCUT2D eigenvalue weighted by atomic mass is 9.83. The lowest BCUT2D eigenvalue weighted by molar-refractivity contribution is 0.0948. The highest BCUT2D eigenvalue weighted by molar-refractivity contribution is 4.90. The summed E-state index contributed by atoms with van der Waals surface area (Å²) in [5, 5.41) is 27.8. The van der Waals surface area contributed by atoms with Gasteiger partial charge in [0.25, 0.3) is 0 Å². The molecule has 0 heterocycles. The molecule has 0 bridgehead atoms. The number of aliphatic hydroxyl groups is 3. The zero-order valence-corrected chi connectivity index (χ0v) is 8.35. The van der Waals surface area contributed by atoms with Gasteiger partial charge in [0.15, 0.2) is 0 Å². The fraction of sp³-hybridized carbons (Fsp3) is 1.00. The largest absolute Gasteiger partial charge is 0.396 e. The molecule has 1 rings (SSSR count). The molecule has 0 saturated heterocycles. The van der Waals surface area contributed by atoms with Crippen molar-refractivity contribution in [3.63, 3.8) is 0 Å². The first-order chi connectivity index (χ1) is 6.11. The van der Waals surface area contributed by atoms with E-state index in [2.05, 4.69) is 0 Å². The third-order valence-electron chi connectivity index (χ3n) is 3.58. The fourth-order valence-electron chi connectivity index (χ4n) is 2.43. The molecular weight excluding hydrogens is 168 g/mol. The van der Waals surface area contributed by atoms with E-state index in [1.165, 1.54) is 0 Å². The Kier molecular flexibility index (Phi) is 3.71. The summed E-state index contributed by atoms with van der Waals surface area (Å²) < 4.78 is 0. The zero-order chi connectivity index (χ0) is 10.0. The van der Waals surface area contributed by atoms with E-state index in [-0.39, 0.29) is 43.0 Å². The minimum Gasteiger partial charge on any atom is -0.396 e. The van der Waals surface area contributed by atoms with Gasteiger partial charge in [0.2, 0.25) is 0 Å². The van der Waals surface area contributed by atoms with Crippen molar-refractivity contribution in [3.05, 3.63) is 0 Å². The molecule has 1 aliphatic rings. The van der Waals surface area contributed by atoms with Crippen LogP contribution in [-0.2, 0) is 0 Å². The van der Waals surface area contributed by atoms with Crippen LogP contribution < -0.4 is 0 Å². The Bertz CT molecular complexity index is 160. The normalized spacial score (nSPS) is 42.2. The molecule has 3 N–H and O–H groups in total. The highest BCUT2D eigenvalue weighted by Gasteiger charge is 2.41. The van der Waals surface area contributed by atoms with Gasteiger partial charge in [0.1, 0.15) is 0 Å². The van der Waals surface area contributed by atoms with Gasteiger partial charge in [-0.3, -0.25) is 0 Å². The van der Waals surface area contributed by atoms with Crippen LogP contribution in [-0.4, -0.2) is 34.6 Å². The maximum absolute atomic E-state index is 9.62. The second-order valence-corrected chi connectivity index (χ2v) is 4.33. The molecule has 0 radical (unpaired) electrons. The van der Waals surface area contributed by atoms with E-state index in [1.807, 2.05) is 13.8 Å². The molecule has 1 aliphatic carbocycles. The van der Waals surface area contributed by atoms with Crippen LogP contribution in [0, 0.1) is 23.7 Å². The summed E-state index contributed by atoms with van der Waals surface area (Å²) in [6, 6.07) is 0. The van der Waals surface area contributed by atoms with Crippen molar-refractivity contribution >= 4 is 0 Å². The second kappa shape index (κ2) is 4.40. The quantitative estimate of drug-likeness (QED) is 0.594. The maximum atomic E-state index is 9.62. The molecule has 13 heavy (non-hydrogen) atoms. The third kappa shape index (κ3) is 2.03. The minimum atomic E-state index is -0.309. The first kappa shape index (κ1) is 11.0. The van der Waals surface area contributed by atoms with E-state index < -0.39 is 0 Å². The fourth-order valence-corrected chi connectivity index (χ4v) is 2.43. The predicted molar refractivity (Wildman–Crippen MR) is 50.1 cm³/mol. The second-order valence-electron chi connectivity index (χ2n) is 4.33. The molecule has 0 amide bonds. The number of aliphatic hydroxyl groups excluding tert-OH is 3. The predicted octanol–water partition coefficient (Wildman–Crippen LogP) is 0.240. The molecule has 3 nitrogen and oxygen atoms in total. The van der Waals surface area contributed by atoms with Crippen LogP contribution in [0.15, 0.2) is 0 Å². The van der Waals surface area contributed by atoms with Gasteiger partial charge in [-0.2, -0.15) is 0 Å². The summed E-state index contributed by atoms with van der Waals surface area (Å²) in [7, 11) is 0. The Balaban J connectivity index is 2.64. The van der Waals surface area contributed by atoms with E-state index in [1.54, 1.807) is 0 Å². The first-order valence-electron chi connectivity index (χ1n) is 5.01. The van der Waals surface area contributed by atoms with Crippen LogP contribution in [0.4, 0.5) is 0 Å². The summed E-state index contributed by atoms with van der Waals surface area (Å²) in [6.45, 7) is 4.20. The molecule has 78 valence electrons. The van der Waals surface area contributed by atoms with Gasteiger partial charge in [-0.25, -0.2) is 0 Å². The highest BCUT2D eigenvalue weighted by atomic mass is 16.3. The third-order valence-corrected chi connectivity index (χ3v) is 3.58. The van der Waals surface area contributed by atoms with Crippen molar-refractivity contribution in [2.24, 2.45) is 23.7 Å². The Morgan fingerprint density at radius 2 is 2.00 bits per heavy atom. The van der Waals surface area contributed by atoms with Crippen LogP contribution in [0.1, 0.15) is 20.3 Å². The maximum Gasteiger partial charge on any atom is 0.0572 e. The van der Waals surface area contributed by atoms with Crippen LogP contribution in [0.5, 0.6) is 0 Å². The first-order valence-corrected chi connectivity index (χ1v) is 5.01. The molecule has 1 unspecified atom stereocenters. The summed E-state index contributed by atoms with van der Waals surface area (Å²) in [4.78, 5) is 0. The molecule has 0 aromatic carbocycles. The Morgan fingerprint density at radius 1 is 1.38 bits per heavy atom. The van der Waals surface area contributed by atoms with E-state index in [0.29, 0.717) is 6.42 Å². The van der Waals surface area contributed by atoms with Gasteiger partial charge >= 0.3 is 0 Å². The highest BCUT2D eigenvalue weighted by Crippen LogP contribution is 2.40. The Labute approximate surface area is 79.4 Å². The van der Waals surface area contributed by atoms with Crippen molar-refractivity contribution in [1.82, 2.24) is 0 Å². The van der Waals surface area contributed by atoms with Crippen LogP contribution >= 0.6 is 0 Å². The Hall–Kier alpha value is -0.120. The smallest absolute Gasteiger partial charge is 0.0572 e. The number of hydrogen-bond donors (Lipinski definition) is 3. The van der Waals surface area contributed by atoms with E-state index >= 15 is 0 Å². The van der Waals surface area contributed by atoms with Crippen molar-refractivity contribution in [2.45, 2.75) is 26.4 Å². The molecule has 1 fully saturated rings. The average molecular weight is 188 g/mol. The number of rotatable bonds is 3. The summed E-state index contributed by atoms with van der Waals surface area (Å²) >= 11 is 0. The van der Waals surface area contributed by atoms with Crippen molar-refractivity contribution in [2.75, 3.05) is 13.2 Å².